The average Bonchev–Trinajstić information content (AvgIpc) is 2.36. The van der Waals surface area contributed by atoms with Gasteiger partial charge in [0.05, 0.1) is 18.7 Å². The minimum absolute atomic E-state index is 0.0336. The number of rotatable bonds is 6. The van der Waals surface area contributed by atoms with Crippen molar-refractivity contribution in [3.8, 4) is 17.6 Å². The summed E-state index contributed by atoms with van der Waals surface area (Å²) in [4.78, 5) is 11.3. The number of ketones is 1. The van der Waals surface area contributed by atoms with Gasteiger partial charge in [0.2, 0.25) is 0 Å². The fraction of sp³-hybridized carbons (Fsp3) is 0.385. The minimum Gasteiger partial charge on any atom is -0.497 e. The van der Waals surface area contributed by atoms with Gasteiger partial charge in [0, 0.05) is 12.5 Å². The predicted molar refractivity (Wildman–Crippen MR) is 63.1 cm³/mol. The Kier molecular flexibility index (Phi) is 5.02. The van der Waals surface area contributed by atoms with E-state index in [0.717, 1.165) is 6.42 Å². The third-order valence-corrected chi connectivity index (χ3v) is 2.17. The first-order valence-electron chi connectivity index (χ1n) is 5.43. The lowest BCUT2D eigenvalue weighted by Crippen LogP contribution is -2.10. The van der Waals surface area contributed by atoms with Crippen LogP contribution < -0.4 is 9.47 Å². The van der Waals surface area contributed by atoms with E-state index in [-0.39, 0.29) is 12.4 Å². The molecule has 17 heavy (non-hydrogen) atoms. The summed E-state index contributed by atoms with van der Waals surface area (Å²) in [6.45, 7) is 1.98. The highest BCUT2D eigenvalue weighted by Gasteiger charge is 2.05. The summed E-state index contributed by atoms with van der Waals surface area (Å²) in [7, 11) is 1.52. The van der Waals surface area contributed by atoms with Crippen molar-refractivity contribution in [3.05, 3.63) is 23.8 Å². The van der Waals surface area contributed by atoms with Crippen LogP contribution in [0.4, 0.5) is 0 Å². The Bertz CT molecular complexity index is 435. The number of benzene rings is 1. The van der Waals surface area contributed by atoms with Crippen LogP contribution in [0.5, 0.6) is 11.5 Å². The van der Waals surface area contributed by atoms with Crippen LogP contribution in [0.15, 0.2) is 18.2 Å². The molecule has 4 heteroatoms. The van der Waals surface area contributed by atoms with Crippen LogP contribution in [0.1, 0.15) is 25.3 Å². The Labute approximate surface area is 101 Å². The molecule has 0 spiro atoms. The topological polar surface area (TPSA) is 59.3 Å². The Morgan fingerprint density at radius 2 is 2.06 bits per heavy atom. The number of carbonyl (C=O) groups is 1. The van der Waals surface area contributed by atoms with Crippen LogP contribution in [0.3, 0.4) is 0 Å². The molecule has 0 fully saturated rings. The Morgan fingerprint density at radius 1 is 1.35 bits per heavy atom. The summed E-state index contributed by atoms with van der Waals surface area (Å²) in [5, 5.41) is 8.82. The molecule has 0 amide bonds. The Morgan fingerprint density at radius 3 is 2.65 bits per heavy atom. The highest BCUT2D eigenvalue weighted by Crippen LogP contribution is 2.22. The second kappa shape index (κ2) is 6.54. The molecule has 0 aliphatic rings. The number of nitriles is 1. The molecule has 4 nitrogen and oxygen atoms in total. The SMILES string of the molecule is CCCC(=O)COc1cc(C#N)cc(OC)c1. The van der Waals surface area contributed by atoms with E-state index < -0.39 is 0 Å². The largest absolute Gasteiger partial charge is 0.497 e. The number of Topliss-reactive ketones (excluding diaryl/α,β-unsaturated/α-hetero) is 1. The molecule has 0 bridgehead atoms. The zero-order chi connectivity index (χ0) is 12.7. The zero-order valence-corrected chi connectivity index (χ0v) is 10.0. The van der Waals surface area contributed by atoms with Gasteiger partial charge in [-0.1, -0.05) is 6.92 Å². The zero-order valence-electron chi connectivity index (χ0n) is 10.0. The number of ether oxygens (including phenoxy) is 2. The van der Waals surface area contributed by atoms with Crippen LogP contribution in [-0.2, 0) is 4.79 Å². The minimum atomic E-state index is 0.0336. The Hall–Kier alpha value is -2.02. The van der Waals surface area contributed by atoms with Crippen molar-refractivity contribution in [1.82, 2.24) is 0 Å². The van der Waals surface area contributed by atoms with Crippen molar-refractivity contribution >= 4 is 5.78 Å². The van der Waals surface area contributed by atoms with Gasteiger partial charge in [-0.15, -0.1) is 0 Å². The molecule has 0 saturated heterocycles. The van der Waals surface area contributed by atoms with Gasteiger partial charge in [-0.3, -0.25) is 4.79 Å². The third-order valence-electron chi connectivity index (χ3n) is 2.17. The average molecular weight is 233 g/mol. The first kappa shape index (κ1) is 13.0. The molecular weight excluding hydrogens is 218 g/mol. The van der Waals surface area contributed by atoms with Crippen molar-refractivity contribution in [2.75, 3.05) is 13.7 Å². The van der Waals surface area contributed by atoms with E-state index in [9.17, 15) is 4.79 Å². The summed E-state index contributed by atoms with van der Waals surface area (Å²) >= 11 is 0. The number of carbonyl (C=O) groups excluding carboxylic acids is 1. The lowest BCUT2D eigenvalue weighted by molar-refractivity contribution is -0.121. The van der Waals surface area contributed by atoms with Gasteiger partial charge in [-0.2, -0.15) is 5.26 Å². The van der Waals surface area contributed by atoms with Crippen molar-refractivity contribution in [1.29, 1.82) is 5.26 Å². The highest BCUT2D eigenvalue weighted by atomic mass is 16.5. The number of hydrogen-bond acceptors (Lipinski definition) is 4. The summed E-state index contributed by atoms with van der Waals surface area (Å²) in [5.74, 6) is 1.07. The maximum Gasteiger partial charge on any atom is 0.170 e. The maximum absolute atomic E-state index is 11.3. The smallest absolute Gasteiger partial charge is 0.170 e. The number of methoxy groups -OCH3 is 1. The molecule has 0 aliphatic heterocycles. The van der Waals surface area contributed by atoms with Gasteiger partial charge < -0.3 is 9.47 Å². The molecule has 1 aromatic rings. The number of hydrogen-bond donors (Lipinski definition) is 0. The van der Waals surface area contributed by atoms with Crippen LogP contribution in [0.2, 0.25) is 0 Å². The van der Waals surface area contributed by atoms with Gasteiger partial charge >= 0.3 is 0 Å². The van der Waals surface area contributed by atoms with E-state index in [4.69, 9.17) is 14.7 Å². The van der Waals surface area contributed by atoms with Crippen LogP contribution in [0, 0.1) is 11.3 Å². The monoisotopic (exact) mass is 233 g/mol. The van der Waals surface area contributed by atoms with Crippen molar-refractivity contribution in [2.45, 2.75) is 19.8 Å². The molecule has 0 unspecified atom stereocenters. The lowest BCUT2D eigenvalue weighted by Gasteiger charge is -2.07. The van der Waals surface area contributed by atoms with E-state index in [1.807, 2.05) is 13.0 Å². The quantitative estimate of drug-likeness (QED) is 0.756. The molecule has 0 radical (unpaired) electrons. The van der Waals surface area contributed by atoms with E-state index in [1.165, 1.54) is 7.11 Å². The van der Waals surface area contributed by atoms with Crippen LogP contribution in [-0.4, -0.2) is 19.5 Å². The van der Waals surface area contributed by atoms with Gasteiger partial charge in [-0.25, -0.2) is 0 Å². The van der Waals surface area contributed by atoms with Gasteiger partial charge in [0.1, 0.15) is 18.1 Å². The summed E-state index contributed by atoms with van der Waals surface area (Å²) in [5.41, 5.74) is 0.447. The standard InChI is InChI=1S/C13H15NO3/c1-3-4-11(15)9-17-13-6-10(8-14)5-12(7-13)16-2/h5-7H,3-4,9H2,1-2H3. The van der Waals surface area contributed by atoms with E-state index in [0.29, 0.717) is 23.5 Å². The summed E-state index contributed by atoms with van der Waals surface area (Å²) in [6.07, 6.45) is 1.32. The molecule has 0 saturated carbocycles. The molecule has 90 valence electrons. The first-order valence-corrected chi connectivity index (χ1v) is 5.43. The van der Waals surface area contributed by atoms with Crippen molar-refractivity contribution in [2.24, 2.45) is 0 Å². The lowest BCUT2D eigenvalue weighted by atomic mass is 10.2. The molecule has 1 aromatic carbocycles. The maximum atomic E-state index is 11.3. The molecule has 0 aromatic heterocycles. The first-order chi connectivity index (χ1) is 8.19. The van der Waals surface area contributed by atoms with E-state index in [2.05, 4.69) is 0 Å². The molecule has 0 heterocycles. The predicted octanol–water partition coefficient (Wildman–Crippen LogP) is 2.31. The second-order valence-electron chi connectivity index (χ2n) is 3.59. The van der Waals surface area contributed by atoms with Crippen molar-refractivity contribution < 1.29 is 14.3 Å². The summed E-state index contributed by atoms with van der Waals surface area (Å²) in [6, 6.07) is 6.86. The van der Waals surface area contributed by atoms with Crippen LogP contribution in [0.25, 0.3) is 0 Å². The highest BCUT2D eigenvalue weighted by molar-refractivity contribution is 5.79. The van der Waals surface area contributed by atoms with E-state index in [1.54, 1.807) is 18.2 Å². The van der Waals surface area contributed by atoms with Gasteiger partial charge in [0.25, 0.3) is 0 Å². The van der Waals surface area contributed by atoms with E-state index >= 15 is 0 Å². The molecule has 0 aliphatic carbocycles. The Balaban J connectivity index is 2.71. The fourth-order valence-electron chi connectivity index (χ4n) is 1.35. The fourth-order valence-corrected chi connectivity index (χ4v) is 1.35. The molecular formula is C13H15NO3. The van der Waals surface area contributed by atoms with Gasteiger partial charge in [-0.05, 0) is 18.6 Å². The third kappa shape index (κ3) is 4.15. The second-order valence-corrected chi connectivity index (χ2v) is 3.59. The molecule has 0 N–H and O–H groups in total. The number of nitrogens with zero attached hydrogens (tertiary/aromatic N) is 1. The molecule has 0 atom stereocenters. The van der Waals surface area contributed by atoms with Crippen LogP contribution >= 0.6 is 0 Å². The van der Waals surface area contributed by atoms with Crippen molar-refractivity contribution in [3.63, 3.8) is 0 Å². The summed E-state index contributed by atoms with van der Waals surface area (Å²) < 4.78 is 10.4. The molecule has 1 rings (SSSR count). The normalized spacial score (nSPS) is 9.47. The van der Waals surface area contributed by atoms with Gasteiger partial charge in [0.15, 0.2) is 5.78 Å².